The summed E-state index contributed by atoms with van der Waals surface area (Å²) in [5, 5.41) is 0. The largest absolute Gasteiger partial charge is 0.333 e. The van der Waals surface area contributed by atoms with Gasteiger partial charge in [-0.15, -0.1) is 0 Å². The molecule has 0 saturated carbocycles. The second-order valence-electron chi connectivity index (χ2n) is 4.13. The summed E-state index contributed by atoms with van der Waals surface area (Å²) in [6.45, 7) is 6.44. The Morgan fingerprint density at radius 3 is 3.00 bits per heavy atom. The van der Waals surface area contributed by atoms with Crippen LogP contribution in [0.15, 0.2) is 0 Å². The highest BCUT2D eigenvalue weighted by molar-refractivity contribution is 4.84. The van der Waals surface area contributed by atoms with E-state index in [1.165, 1.54) is 32.5 Å². The molecule has 0 aliphatic carbocycles. The predicted octanol–water partition coefficient (Wildman–Crippen LogP) is -0.632. The van der Waals surface area contributed by atoms with E-state index in [4.69, 9.17) is 0 Å². The first-order valence-corrected chi connectivity index (χ1v) is 4.85. The first-order valence-electron chi connectivity index (χ1n) is 4.85. The lowest BCUT2D eigenvalue weighted by Gasteiger charge is -2.38. The maximum atomic E-state index is 2.68. The van der Waals surface area contributed by atoms with E-state index in [0.717, 1.165) is 12.1 Å². The molecule has 2 saturated heterocycles. The van der Waals surface area contributed by atoms with Crippen LogP contribution in [0.4, 0.5) is 0 Å². The second kappa shape index (κ2) is 2.76. The number of fused-ring (bicyclic) bond motifs is 1. The van der Waals surface area contributed by atoms with Gasteiger partial charge in [0.15, 0.2) is 0 Å². The van der Waals surface area contributed by atoms with Gasteiger partial charge in [-0.3, -0.25) is 4.90 Å². The lowest BCUT2D eigenvalue weighted by molar-refractivity contribution is -0.912. The molecule has 0 aromatic heterocycles. The Labute approximate surface area is 69.2 Å². The minimum absolute atomic E-state index is 0.867. The van der Waals surface area contributed by atoms with Crippen LogP contribution < -0.4 is 4.90 Å². The van der Waals surface area contributed by atoms with Crippen LogP contribution in [0.1, 0.15) is 19.8 Å². The van der Waals surface area contributed by atoms with Gasteiger partial charge in [0, 0.05) is 6.54 Å². The second-order valence-corrected chi connectivity index (χ2v) is 4.13. The van der Waals surface area contributed by atoms with Crippen LogP contribution in [-0.2, 0) is 0 Å². The van der Waals surface area contributed by atoms with Gasteiger partial charge in [0.1, 0.15) is 6.04 Å². The van der Waals surface area contributed by atoms with Crippen LogP contribution in [0.25, 0.3) is 0 Å². The summed E-state index contributed by atoms with van der Waals surface area (Å²) < 4.78 is 0. The Hall–Kier alpha value is -0.0800. The monoisotopic (exact) mass is 155 g/mol. The zero-order valence-corrected chi connectivity index (χ0v) is 7.64. The Balaban J connectivity index is 2.06. The van der Waals surface area contributed by atoms with E-state index in [1.54, 1.807) is 4.90 Å². The number of rotatable bonds is 0. The molecule has 11 heavy (non-hydrogen) atoms. The van der Waals surface area contributed by atoms with Crippen molar-refractivity contribution in [2.45, 2.75) is 31.8 Å². The third-order valence-electron chi connectivity index (χ3n) is 3.56. The fourth-order valence-electron chi connectivity index (χ4n) is 2.57. The first kappa shape index (κ1) is 7.56. The Bertz CT molecular complexity index is 146. The maximum absolute atomic E-state index is 2.68. The molecule has 2 nitrogen and oxygen atoms in total. The lowest BCUT2D eigenvalue weighted by atomic mass is 10.0. The maximum Gasteiger partial charge on any atom is 0.100 e. The topological polar surface area (TPSA) is 7.68 Å². The fourth-order valence-corrected chi connectivity index (χ4v) is 2.57. The molecule has 1 N–H and O–H groups in total. The summed E-state index contributed by atoms with van der Waals surface area (Å²) in [5.41, 5.74) is 0. The summed E-state index contributed by atoms with van der Waals surface area (Å²) in [4.78, 5) is 4.41. The molecule has 2 heterocycles. The molecule has 2 heteroatoms. The van der Waals surface area contributed by atoms with Gasteiger partial charge in [0.05, 0.1) is 19.6 Å². The van der Waals surface area contributed by atoms with Gasteiger partial charge in [-0.25, -0.2) is 0 Å². The average molecular weight is 155 g/mol. The molecule has 2 fully saturated rings. The summed E-state index contributed by atoms with van der Waals surface area (Å²) in [5.74, 6) is 0. The van der Waals surface area contributed by atoms with Crippen molar-refractivity contribution in [3.05, 3.63) is 0 Å². The highest BCUT2D eigenvalue weighted by Gasteiger charge is 2.37. The Morgan fingerprint density at radius 2 is 2.18 bits per heavy atom. The lowest BCUT2D eigenvalue weighted by Crippen LogP contribution is -3.16. The van der Waals surface area contributed by atoms with Crippen molar-refractivity contribution in [1.29, 1.82) is 0 Å². The Kier molecular flexibility index (Phi) is 1.90. The van der Waals surface area contributed by atoms with Gasteiger partial charge in [0.2, 0.25) is 0 Å². The molecule has 64 valence electrons. The molecule has 0 aromatic carbocycles. The molecule has 3 atom stereocenters. The average Bonchev–Trinajstić information content (AvgIpc) is 2.45. The quantitative estimate of drug-likeness (QED) is 0.489. The van der Waals surface area contributed by atoms with Crippen LogP contribution in [-0.4, -0.2) is 43.7 Å². The highest BCUT2D eigenvalue weighted by Crippen LogP contribution is 2.19. The summed E-state index contributed by atoms with van der Waals surface area (Å²) in [7, 11) is 2.33. The number of hydrogen-bond acceptors (Lipinski definition) is 1. The van der Waals surface area contributed by atoms with Crippen molar-refractivity contribution in [2.24, 2.45) is 0 Å². The van der Waals surface area contributed by atoms with E-state index in [9.17, 15) is 0 Å². The van der Waals surface area contributed by atoms with Gasteiger partial charge >= 0.3 is 0 Å². The third kappa shape index (κ3) is 1.18. The molecule has 2 rings (SSSR count). The summed E-state index contributed by atoms with van der Waals surface area (Å²) >= 11 is 0. The summed E-state index contributed by atoms with van der Waals surface area (Å²) in [6, 6.07) is 1.77. The Morgan fingerprint density at radius 1 is 1.36 bits per heavy atom. The predicted molar refractivity (Wildman–Crippen MR) is 45.8 cm³/mol. The number of piperazine rings is 1. The van der Waals surface area contributed by atoms with Crippen molar-refractivity contribution in [1.82, 2.24) is 4.90 Å². The van der Waals surface area contributed by atoms with E-state index >= 15 is 0 Å². The van der Waals surface area contributed by atoms with Gasteiger partial charge in [0.25, 0.3) is 0 Å². The standard InChI is InChI=1S/C9H18N2/c1-8-9-4-3-5-11(9)7-6-10(8)2/h8-9H,3-7H2,1-2H3/p+1. The molecular weight excluding hydrogens is 136 g/mol. The van der Waals surface area contributed by atoms with Gasteiger partial charge in [-0.1, -0.05) is 0 Å². The molecule has 0 radical (unpaired) electrons. The van der Waals surface area contributed by atoms with Crippen LogP contribution in [0.2, 0.25) is 0 Å². The number of nitrogens with zero attached hydrogens (tertiary/aromatic N) is 1. The molecule has 2 aliphatic rings. The van der Waals surface area contributed by atoms with Crippen LogP contribution in [0, 0.1) is 0 Å². The zero-order valence-electron chi connectivity index (χ0n) is 7.64. The minimum atomic E-state index is 0.867. The van der Waals surface area contributed by atoms with Gasteiger partial charge < -0.3 is 4.90 Å². The molecular formula is C9H19N2+. The van der Waals surface area contributed by atoms with Crippen molar-refractivity contribution >= 4 is 0 Å². The van der Waals surface area contributed by atoms with Crippen LogP contribution in [0.3, 0.4) is 0 Å². The fraction of sp³-hybridized carbons (Fsp3) is 1.00. The van der Waals surface area contributed by atoms with E-state index in [1.807, 2.05) is 0 Å². The van der Waals surface area contributed by atoms with E-state index in [-0.39, 0.29) is 0 Å². The molecule has 3 unspecified atom stereocenters. The molecule has 0 spiro atoms. The minimum Gasteiger partial charge on any atom is -0.333 e. The smallest absolute Gasteiger partial charge is 0.100 e. The number of hydrogen-bond donors (Lipinski definition) is 1. The van der Waals surface area contributed by atoms with Crippen molar-refractivity contribution < 1.29 is 4.90 Å². The van der Waals surface area contributed by atoms with Crippen molar-refractivity contribution in [2.75, 3.05) is 26.7 Å². The first-order chi connectivity index (χ1) is 5.29. The number of nitrogens with one attached hydrogen (secondary N) is 1. The zero-order chi connectivity index (χ0) is 7.84. The van der Waals surface area contributed by atoms with Crippen LogP contribution in [0.5, 0.6) is 0 Å². The highest BCUT2D eigenvalue weighted by atomic mass is 15.3. The van der Waals surface area contributed by atoms with E-state index in [2.05, 4.69) is 18.9 Å². The molecule has 0 aromatic rings. The van der Waals surface area contributed by atoms with Gasteiger partial charge in [-0.05, 0) is 26.3 Å². The van der Waals surface area contributed by atoms with Crippen molar-refractivity contribution in [3.8, 4) is 0 Å². The van der Waals surface area contributed by atoms with E-state index < -0.39 is 0 Å². The number of quaternary nitrogens is 1. The normalized spacial score (nSPS) is 45.8. The third-order valence-corrected chi connectivity index (χ3v) is 3.56. The van der Waals surface area contributed by atoms with E-state index in [0.29, 0.717) is 0 Å². The van der Waals surface area contributed by atoms with Crippen LogP contribution >= 0.6 is 0 Å². The summed E-state index contributed by atoms with van der Waals surface area (Å²) in [6.07, 6.45) is 2.88. The molecule has 0 bridgehead atoms. The van der Waals surface area contributed by atoms with Crippen molar-refractivity contribution in [3.63, 3.8) is 0 Å². The molecule has 2 aliphatic heterocycles. The molecule has 0 amide bonds. The SMILES string of the molecule is CC1C2CCCN2CC[NH+]1C. The number of likely N-dealkylation sites (N-methyl/N-ethyl adjacent to an activating group) is 1. The van der Waals surface area contributed by atoms with Gasteiger partial charge in [-0.2, -0.15) is 0 Å².